The van der Waals surface area contributed by atoms with Gasteiger partial charge in [-0.25, -0.2) is 0 Å². The summed E-state index contributed by atoms with van der Waals surface area (Å²) >= 11 is 0. The summed E-state index contributed by atoms with van der Waals surface area (Å²) in [5.74, 6) is 0.243. The Labute approximate surface area is 162 Å². The first-order valence-corrected chi connectivity index (χ1v) is 9.51. The zero-order valence-corrected chi connectivity index (χ0v) is 16.4. The standard InChI is InChI=1S/C25H27NO/c1-5-7-21(24-16-22-23(26-24)8-6-9-25(22)27)15-17(2)10-11-20-13-18(3)12-19(4)14-20/h5,7,10-16,26H,2,6,8-9H2,1,3-4H3/b7-5?,11-10-,21-15+. The Balaban J connectivity index is 1.86. The van der Waals surface area contributed by atoms with Crippen molar-refractivity contribution >= 4 is 17.4 Å². The van der Waals surface area contributed by atoms with E-state index in [0.717, 1.165) is 40.9 Å². The lowest BCUT2D eigenvalue weighted by molar-refractivity contribution is 0.0972. The molecule has 2 aromatic rings. The smallest absolute Gasteiger partial charge is 0.164 e. The third-order valence-electron chi connectivity index (χ3n) is 4.76. The molecule has 0 aliphatic heterocycles. The molecule has 2 nitrogen and oxygen atoms in total. The van der Waals surface area contributed by atoms with Crippen LogP contribution in [-0.4, -0.2) is 10.8 Å². The van der Waals surface area contributed by atoms with Crippen LogP contribution in [0.5, 0.6) is 0 Å². The average Bonchev–Trinajstić information content (AvgIpc) is 3.04. The number of aryl methyl sites for hydroxylation is 3. The first-order valence-electron chi connectivity index (χ1n) is 9.51. The van der Waals surface area contributed by atoms with Crippen LogP contribution in [0.2, 0.25) is 0 Å². The van der Waals surface area contributed by atoms with Gasteiger partial charge in [-0.15, -0.1) is 0 Å². The average molecular weight is 357 g/mol. The van der Waals surface area contributed by atoms with Crippen LogP contribution in [0.25, 0.3) is 11.6 Å². The largest absolute Gasteiger partial charge is 0.358 e. The lowest BCUT2D eigenvalue weighted by Gasteiger charge is -2.08. The molecule has 3 rings (SSSR count). The number of fused-ring (bicyclic) bond motifs is 1. The normalized spacial score (nSPS) is 14.9. The molecule has 1 aromatic carbocycles. The van der Waals surface area contributed by atoms with Crippen molar-refractivity contribution in [3.05, 3.63) is 94.4 Å². The molecule has 138 valence electrons. The zero-order chi connectivity index (χ0) is 19.4. The number of ketones is 1. The van der Waals surface area contributed by atoms with E-state index in [1.807, 2.05) is 25.1 Å². The summed E-state index contributed by atoms with van der Waals surface area (Å²) in [6.07, 6.45) is 12.8. The lowest BCUT2D eigenvalue weighted by Crippen LogP contribution is -2.08. The van der Waals surface area contributed by atoms with Gasteiger partial charge in [0.2, 0.25) is 0 Å². The summed E-state index contributed by atoms with van der Waals surface area (Å²) in [6.45, 7) is 10.4. The molecule has 0 bridgehead atoms. The number of benzene rings is 1. The highest BCUT2D eigenvalue weighted by atomic mass is 16.1. The van der Waals surface area contributed by atoms with Crippen LogP contribution in [-0.2, 0) is 6.42 Å². The molecule has 0 fully saturated rings. The molecule has 1 heterocycles. The van der Waals surface area contributed by atoms with E-state index in [1.165, 1.54) is 16.7 Å². The van der Waals surface area contributed by atoms with Crippen LogP contribution in [0.1, 0.15) is 58.2 Å². The number of aromatic amines is 1. The first kappa shape index (κ1) is 18.9. The van der Waals surface area contributed by atoms with Crippen molar-refractivity contribution in [3.63, 3.8) is 0 Å². The molecule has 0 atom stereocenters. The minimum absolute atomic E-state index is 0.243. The summed E-state index contributed by atoms with van der Waals surface area (Å²) in [4.78, 5) is 15.6. The number of carbonyl (C=O) groups is 1. The van der Waals surface area contributed by atoms with Crippen LogP contribution in [0.4, 0.5) is 0 Å². The highest BCUT2D eigenvalue weighted by Gasteiger charge is 2.20. The number of aromatic nitrogens is 1. The third-order valence-corrected chi connectivity index (χ3v) is 4.76. The minimum Gasteiger partial charge on any atom is -0.358 e. The Bertz CT molecular complexity index is 946. The lowest BCUT2D eigenvalue weighted by atomic mass is 9.96. The Morgan fingerprint density at radius 2 is 1.81 bits per heavy atom. The van der Waals surface area contributed by atoms with Gasteiger partial charge in [-0.2, -0.15) is 0 Å². The van der Waals surface area contributed by atoms with Gasteiger partial charge in [0.15, 0.2) is 5.78 Å². The summed E-state index contributed by atoms with van der Waals surface area (Å²) < 4.78 is 0. The molecular formula is C25H27NO. The molecular weight excluding hydrogens is 330 g/mol. The monoisotopic (exact) mass is 357 g/mol. The molecule has 0 saturated carbocycles. The van der Waals surface area contributed by atoms with Crippen molar-refractivity contribution in [3.8, 4) is 0 Å². The maximum absolute atomic E-state index is 12.1. The van der Waals surface area contributed by atoms with Crippen LogP contribution >= 0.6 is 0 Å². The molecule has 0 radical (unpaired) electrons. The molecule has 1 N–H and O–H groups in total. The Kier molecular flexibility index (Phi) is 5.75. The maximum atomic E-state index is 12.1. The van der Waals surface area contributed by atoms with Gasteiger partial charge in [0.1, 0.15) is 0 Å². The molecule has 2 heteroatoms. The van der Waals surface area contributed by atoms with Gasteiger partial charge < -0.3 is 4.98 Å². The fourth-order valence-electron chi connectivity index (χ4n) is 3.61. The summed E-state index contributed by atoms with van der Waals surface area (Å²) in [5.41, 5.74) is 8.54. The van der Waals surface area contributed by atoms with Gasteiger partial charge >= 0.3 is 0 Å². The van der Waals surface area contributed by atoms with Crippen LogP contribution in [0, 0.1) is 13.8 Å². The third kappa shape index (κ3) is 4.65. The second-order valence-electron chi connectivity index (χ2n) is 7.28. The van der Waals surface area contributed by atoms with Crippen LogP contribution in [0.15, 0.2) is 60.7 Å². The fourth-order valence-corrected chi connectivity index (χ4v) is 3.61. The van der Waals surface area contributed by atoms with E-state index in [1.54, 1.807) is 0 Å². The van der Waals surface area contributed by atoms with Gasteiger partial charge in [0.05, 0.1) is 0 Å². The number of H-pyrrole nitrogens is 1. The second kappa shape index (κ2) is 8.22. The molecule has 1 aliphatic carbocycles. The number of nitrogens with one attached hydrogen (secondary N) is 1. The SMILES string of the molecule is C=C(/C=C\c1cc(C)cc(C)c1)/C=C(\C=CC)c1cc2c([nH]1)CCCC2=O. The highest BCUT2D eigenvalue weighted by molar-refractivity contribution is 5.99. The number of Topliss-reactive ketones (excluding diaryl/α,β-unsaturated/α-hetero) is 1. The quantitative estimate of drug-likeness (QED) is 0.619. The van der Waals surface area contributed by atoms with E-state index in [9.17, 15) is 4.79 Å². The molecule has 1 aromatic heterocycles. The Morgan fingerprint density at radius 1 is 1.07 bits per heavy atom. The molecule has 0 spiro atoms. The topological polar surface area (TPSA) is 32.9 Å². The fraction of sp³-hybridized carbons (Fsp3) is 0.240. The number of rotatable bonds is 5. The molecule has 1 aliphatic rings. The van der Waals surface area contributed by atoms with Crippen molar-refractivity contribution in [1.82, 2.24) is 4.98 Å². The van der Waals surface area contributed by atoms with E-state index in [0.29, 0.717) is 6.42 Å². The van der Waals surface area contributed by atoms with E-state index in [-0.39, 0.29) is 5.78 Å². The Morgan fingerprint density at radius 3 is 2.48 bits per heavy atom. The van der Waals surface area contributed by atoms with Gasteiger partial charge in [0, 0.05) is 23.4 Å². The molecule has 27 heavy (non-hydrogen) atoms. The van der Waals surface area contributed by atoms with Crippen LogP contribution in [0.3, 0.4) is 0 Å². The van der Waals surface area contributed by atoms with Gasteiger partial charge in [-0.3, -0.25) is 4.79 Å². The van der Waals surface area contributed by atoms with E-state index >= 15 is 0 Å². The maximum Gasteiger partial charge on any atom is 0.164 e. The molecule has 0 saturated heterocycles. The van der Waals surface area contributed by atoms with E-state index in [4.69, 9.17) is 0 Å². The van der Waals surface area contributed by atoms with Crippen molar-refractivity contribution in [2.24, 2.45) is 0 Å². The van der Waals surface area contributed by atoms with Gasteiger partial charge in [0.25, 0.3) is 0 Å². The Hall–Kier alpha value is -2.87. The highest BCUT2D eigenvalue weighted by Crippen LogP contribution is 2.26. The second-order valence-corrected chi connectivity index (χ2v) is 7.28. The first-order chi connectivity index (χ1) is 13.0. The number of carbonyl (C=O) groups excluding carboxylic acids is 1. The van der Waals surface area contributed by atoms with Crippen molar-refractivity contribution in [1.29, 1.82) is 0 Å². The summed E-state index contributed by atoms with van der Waals surface area (Å²) in [5, 5.41) is 0. The van der Waals surface area contributed by atoms with E-state index < -0.39 is 0 Å². The van der Waals surface area contributed by atoms with Crippen molar-refractivity contribution in [2.75, 3.05) is 0 Å². The predicted octanol–water partition coefficient (Wildman–Crippen LogP) is 6.38. The summed E-state index contributed by atoms with van der Waals surface area (Å²) in [7, 11) is 0. The number of hydrogen-bond acceptors (Lipinski definition) is 1. The van der Waals surface area contributed by atoms with Gasteiger partial charge in [-0.1, -0.05) is 60.2 Å². The van der Waals surface area contributed by atoms with Crippen LogP contribution < -0.4 is 0 Å². The van der Waals surface area contributed by atoms with E-state index in [2.05, 4.69) is 61.8 Å². The molecule has 0 unspecified atom stereocenters. The van der Waals surface area contributed by atoms with Gasteiger partial charge in [-0.05, 0) is 62.5 Å². The number of allylic oxidation sites excluding steroid dienone is 6. The van der Waals surface area contributed by atoms with Crippen molar-refractivity contribution in [2.45, 2.75) is 40.0 Å². The zero-order valence-electron chi connectivity index (χ0n) is 16.4. The number of hydrogen-bond donors (Lipinski definition) is 1. The van der Waals surface area contributed by atoms with Crippen molar-refractivity contribution < 1.29 is 4.79 Å². The predicted molar refractivity (Wildman–Crippen MR) is 115 cm³/mol. The minimum atomic E-state index is 0.243. The molecule has 0 amide bonds. The summed E-state index contributed by atoms with van der Waals surface area (Å²) in [6, 6.07) is 8.49.